The number of methoxy groups -OCH3 is 1. The van der Waals surface area contributed by atoms with Crippen LogP contribution in [0.25, 0.3) is 0 Å². The van der Waals surface area contributed by atoms with Gasteiger partial charge in [0.05, 0.1) is 7.11 Å². The molecule has 0 saturated heterocycles. The van der Waals surface area contributed by atoms with Gasteiger partial charge in [0.25, 0.3) is 0 Å². The lowest BCUT2D eigenvalue weighted by Crippen LogP contribution is -1.89. The molecule has 0 saturated carbocycles. The summed E-state index contributed by atoms with van der Waals surface area (Å²) in [6.07, 6.45) is 0. The maximum Gasteiger partial charge on any atom is 0.145 e. The van der Waals surface area contributed by atoms with Crippen LogP contribution in [0.4, 0.5) is 0 Å². The van der Waals surface area contributed by atoms with Gasteiger partial charge in [-0.05, 0) is 22.6 Å². The molecular weight excluding hydrogens is 255 g/mol. The summed E-state index contributed by atoms with van der Waals surface area (Å²) in [5.74, 6) is 0.668. The van der Waals surface area contributed by atoms with Crippen LogP contribution in [0.5, 0.6) is 5.75 Å². The molecule has 0 aliphatic rings. The quantitative estimate of drug-likeness (QED) is 0.568. The van der Waals surface area contributed by atoms with Gasteiger partial charge in [-0.2, -0.15) is 5.26 Å². The number of nitrogens with zero attached hydrogens (tertiary/aromatic N) is 2. The van der Waals surface area contributed by atoms with Crippen molar-refractivity contribution in [3.8, 4) is 11.8 Å². The van der Waals surface area contributed by atoms with Crippen LogP contribution >= 0.6 is 22.6 Å². The first kappa shape index (κ1) is 8.27. The summed E-state index contributed by atoms with van der Waals surface area (Å²) in [5.41, 5.74) is 0.383. The fourth-order valence-corrected chi connectivity index (χ4v) is 1.22. The Morgan fingerprint density at radius 1 is 1.64 bits per heavy atom. The van der Waals surface area contributed by atoms with Gasteiger partial charge < -0.3 is 4.74 Å². The Bertz CT molecular complexity index is 306. The van der Waals surface area contributed by atoms with E-state index in [-0.39, 0.29) is 0 Å². The van der Waals surface area contributed by atoms with E-state index in [0.29, 0.717) is 11.4 Å². The molecular formula is C7H5IN2O. The molecule has 1 aromatic heterocycles. The van der Waals surface area contributed by atoms with E-state index in [2.05, 4.69) is 4.98 Å². The van der Waals surface area contributed by atoms with Crippen LogP contribution in [0.15, 0.2) is 12.1 Å². The van der Waals surface area contributed by atoms with Gasteiger partial charge >= 0.3 is 0 Å². The second kappa shape index (κ2) is 3.53. The average molecular weight is 260 g/mol. The van der Waals surface area contributed by atoms with Gasteiger partial charge in [-0.1, -0.05) is 0 Å². The fraction of sp³-hybridized carbons (Fsp3) is 0.143. The summed E-state index contributed by atoms with van der Waals surface area (Å²) in [4.78, 5) is 3.95. The molecule has 0 unspecified atom stereocenters. The zero-order chi connectivity index (χ0) is 8.27. The van der Waals surface area contributed by atoms with E-state index in [1.165, 1.54) is 0 Å². The van der Waals surface area contributed by atoms with Crippen molar-refractivity contribution in [2.75, 3.05) is 7.11 Å². The Morgan fingerprint density at radius 3 is 2.91 bits per heavy atom. The highest BCUT2D eigenvalue weighted by Gasteiger charge is 1.98. The highest BCUT2D eigenvalue weighted by atomic mass is 127. The third-order valence-electron chi connectivity index (χ3n) is 1.12. The molecule has 0 amide bonds. The predicted octanol–water partition coefficient (Wildman–Crippen LogP) is 1.57. The number of hydrogen-bond acceptors (Lipinski definition) is 3. The molecule has 0 fully saturated rings. The van der Waals surface area contributed by atoms with Crippen molar-refractivity contribution in [1.29, 1.82) is 5.26 Å². The molecule has 1 aromatic rings. The van der Waals surface area contributed by atoms with Gasteiger partial charge in [0.15, 0.2) is 0 Å². The van der Waals surface area contributed by atoms with Crippen molar-refractivity contribution in [1.82, 2.24) is 4.98 Å². The van der Waals surface area contributed by atoms with Crippen LogP contribution in [0.2, 0.25) is 0 Å². The summed E-state index contributed by atoms with van der Waals surface area (Å²) in [6, 6.07) is 5.31. The zero-order valence-electron chi connectivity index (χ0n) is 5.84. The molecule has 1 heterocycles. The summed E-state index contributed by atoms with van der Waals surface area (Å²) >= 11 is 2.04. The number of hydrogen-bond donors (Lipinski definition) is 0. The molecule has 0 spiro atoms. The summed E-state index contributed by atoms with van der Waals surface area (Å²) in [7, 11) is 1.56. The monoisotopic (exact) mass is 260 g/mol. The first-order chi connectivity index (χ1) is 5.26. The Kier molecular flexibility index (Phi) is 2.65. The van der Waals surface area contributed by atoms with Crippen molar-refractivity contribution in [2.45, 2.75) is 0 Å². The number of rotatable bonds is 1. The third kappa shape index (κ3) is 2.05. The lowest BCUT2D eigenvalue weighted by molar-refractivity contribution is 0.413. The highest BCUT2D eigenvalue weighted by Crippen LogP contribution is 2.14. The highest BCUT2D eigenvalue weighted by molar-refractivity contribution is 14.1. The number of pyridine rings is 1. The molecule has 0 aliphatic carbocycles. The maximum absolute atomic E-state index is 8.51. The first-order valence-electron chi connectivity index (χ1n) is 2.88. The molecule has 0 radical (unpaired) electrons. The van der Waals surface area contributed by atoms with Crippen LogP contribution in [-0.4, -0.2) is 12.1 Å². The van der Waals surface area contributed by atoms with Gasteiger partial charge in [-0.25, -0.2) is 4.98 Å². The topological polar surface area (TPSA) is 45.9 Å². The number of aromatic nitrogens is 1. The molecule has 11 heavy (non-hydrogen) atoms. The zero-order valence-corrected chi connectivity index (χ0v) is 7.99. The van der Waals surface area contributed by atoms with E-state index in [0.717, 1.165) is 3.70 Å². The van der Waals surface area contributed by atoms with E-state index in [9.17, 15) is 0 Å². The lowest BCUT2D eigenvalue weighted by atomic mass is 10.3. The molecule has 0 N–H and O–H groups in total. The average Bonchev–Trinajstić information content (AvgIpc) is 2.03. The Labute approximate surface area is 78.1 Å². The first-order valence-corrected chi connectivity index (χ1v) is 3.96. The third-order valence-corrected chi connectivity index (χ3v) is 1.67. The van der Waals surface area contributed by atoms with Crippen molar-refractivity contribution >= 4 is 22.6 Å². The Morgan fingerprint density at radius 2 is 2.36 bits per heavy atom. The van der Waals surface area contributed by atoms with Crippen LogP contribution < -0.4 is 4.74 Å². The van der Waals surface area contributed by atoms with E-state index < -0.39 is 0 Å². The minimum absolute atomic E-state index is 0.383. The normalized spacial score (nSPS) is 8.82. The Balaban J connectivity index is 3.15. The van der Waals surface area contributed by atoms with E-state index in [4.69, 9.17) is 10.00 Å². The van der Waals surface area contributed by atoms with Crippen molar-refractivity contribution < 1.29 is 4.74 Å². The smallest absolute Gasteiger partial charge is 0.145 e. The van der Waals surface area contributed by atoms with Gasteiger partial charge in [0, 0.05) is 12.1 Å². The number of halogens is 1. The van der Waals surface area contributed by atoms with Crippen LogP contribution in [0.1, 0.15) is 5.69 Å². The molecule has 0 bridgehead atoms. The summed E-state index contributed by atoms with van der Waals surface area (Å²) in [6.45, 7) is 0. The minimum Gasteiger partial charge on any atom is -0.497 e. The molecule has 4 heteroatoms. The molecule has 0 aliphatic heterocycles. The largest absolute Gasteiger partial charge is 0.497 e. The second-order valence-electron chi connectivity index (χ2n) is 1.83. The van der Waals surface area contributed by atoms with Crippen molar-refractivity contribution in [2.24, 2.45) is 0 Å². The summed E-state index contributed by atoms with van der Waals surface area (Å²) < 4.78 is 5.70. The van der Waals surface area contributed by atoms with Gasteiger partial charge in [-0.15, -0.1) is 0 Å². The Hall–Kier alpha value is -0.830. The molecule has 0 aromatic carbocycles. The van der Waals surface area contributed by atoms with Gasteiger partial charge in [-0.3, -0.25) is 0 Å². The van der Waals surface area contributed by atoms with E-state index >= 15 is 0 Å². The predicted molar refractivity (Wildman–Crippen MR) is 48.2 cm³/mol. The van der Waals surface area contributed by atoms with Gasteiger partial charge in [0.2, 0.25) is 0 Å². The standard InChI is InChI=1S/C7H5IN2O/c1-11-6-2-5(4-9)10-7(8)3-6/h2-3H,1H3. The minimum atomic E-state index is 0.383. The SMILES string of the molecule is COc1cc(I)nc(C#N)c1. The van der Waals surface area contributed by atoms with Crippen LogP contribution in [0, 0.1) is 15.0 Å². The van der Waals surface area contributed by atoms with Crippen molar-refractivity contribution in [3.05, 3.63) is 21.5 Å². The van der Waals surface area contributed by atoms with Crippen molar-refractivity contribution in [3.63, 3.8) is 0 Å². The van der Waals surface area contributed by atoms with E-state index in [1.54, 1.807) is 19.2 Å². The van der Waals surface area contributed by atoms with E-state index in [1.807, 2.05) is 28.7 Å². The lowest BCUT2D eigenvalue weighted by Gasteiger charge is -1.98. The molecule has 1 rings (SSSR count). The molecule has 56 valence electrons. The molecule has 0 atom stereocenters. The maximum atomic E-state index is 8.51. The van der Waals surface area contributed by atoms with Gasteiger partial charge in [0.1, 0.15) is 21.2 Å². The number of nitriles is 1. The second-order valence-corrected chi connectivity index (χ2v) is 2.93. The van der Waals surface area contributed by atoms with Crippen LogP contribution in [0.3, 0.4) is 0 Å². The van der Waals surface area contributed by atoms with Crippen LogP contribution in [-0.2, 0) is 0 Å². The number of ether oxygens (including phenoxy) is 1. The fourth-order valence-electron chi connectivity index (χ4n) is 0.649. The molecule has 3 nitrogen and oxygen atoms in total. The summed E-state index contributed by atoms with van der Waals surface area (Å²) in [5, 5.41) is 8.51.